The van der Waals surface area contributed by atoms with Gasteiger partial charge in [-0.2, -0.15) is 0 Å². The topological polar surface area (TPSA) is 26.0 Å². The fraction of sp³-hybridized carbons (Fsp3) is 0.571. The van der Waals surface area contributed by atoms with Gasteiger partial charge in [-0.05, 0) is 36.2 Å². The predicted octanol–water partition coefficient (Wildman–Crippen LogP) is 3.31. The summed E-state index contributed by atoms with van der Waals surface area (Å²) >= 11 is 0. The Morgan fingerprint density at radius 2 is 1.80 bits per heavy atom. The molecule has 1 nitrogen and oxygen atoms in total. The van der Waals surface area contributed by atoms with E-state index >= 15 is 0 Å². The minimum atomic E-state index is 0.362. The van der Waals surface area contributed by atoms with Gasteiger partial charge in [-0.3, -0.25) is 0 Å². The highest BCUT2D eigenvalue weighted by molar-refractivity contribution is 5.28. The highest BCUT2D eigenvalue weighted by Crippen LogP contribution is 2.56. The Labute approximate surface area is 92.7 Å². The van der Waals surface area contributed by atoms with Crippen LogP contribution in [-0.2, 0) is 0 Å². The predicted molar refractivity (Wildman–Crippen MR) is 64.8 cm³/mol. The first-order chi connectivity index (χ1) is 7.24. The van der Waals surface area contributed by atoms with E-state index in [1.807, 2.05) is 0 Å². The molecule has 0 spiro atoms. The highest BCUT2D eigenvalue weighted by atomic mass is 14.8. The smallest absolute Gasteiger partial charge is 0.0107 e. The zero-order valence-corrected chi connectivity index (χ0v) is 9.74. The molecule has 0 amide bonds. The lowest BCUT2D eigenvalue weighted by molar-refractivity contribution is 0.0438. The summed E-state index contributed by atoms with van der Waals surface area (Å²) in [6, 6.07) is 11.2. The van der Waals surface area contributed by atoms with Gasteiger partial charge in [0.2, 0.25) is 0 Å². The van der Waals surface area contributed by atoms with E-state index in [0.29, 0.717) is 17.4 Å². The molecule has 1 aromatic carbocycles. The molecule has 0 aromatic heterocycles. The average molecular weight is 203 g/mol. The van der Waals surface area contributed by atoms with E-state index in [1.54, 1.807) is 0 Å². The highest BCUT2D eigenvalue weighted by Gasteiger charge is 2.50. The maximum Gasteiger partial charge on any atom is 0.0107 e. The minimum absolute atomic E-state index is 0.362. The fourth-order valence-electron chi connectivity index (χ4n) is 3.24. The molecule has 1 aliphatic carbocycles. The third kappa shape index (κ3) is 1.50. The Balaban J connectivity index is 2.25. The number of rotatable bonds is 3. The van der Waals surface area contributed by atoms with Crippen LogP contribution in [0.25, 0.3) is 0 Å². The van der Waals surface area contributed by atoms with Crippen molar-refractivity contribution in [2.75, 3.05) is 0 Å². The Hall–Kier alpha value is -0.820. The van der Waals surface area contributed by atoms with Crippen LogP contribution < -0.4 is 5.73 Å². The first-order valence-electron chi connectivity index (χ1n) is 6.05. The van der Waals surface area contributed by atoms with E-state index < -0.39 is 0 Å². The largest absolute Gasteiger partial charge is 0.327 e. The Bertz CT molecular complexity index is 313. The van der Waals surface area contributed by atoms with Crippen LogP contribution in [0.3, 0.4) is 0 Å². The van der Waals surface area contributed by atoms with Crippen LogP contribution in [0.2, 0.25) is 0 Å². The summed E-state index contributed by atoms with van der Waals surface area (Å²) in [7, 11) is 0. The van der Waals surface area contributed by atoms with Crippen LogP contribution in [0.15, 0.2) is 30.3 Å². The molecule has 1 fully saturated rings. The zero-order chi connectivity index (χ0) is 10.9. The third-order valence-electron chi connectivity index (χ3n) is 4.44. The van der Waals surface area contributed by atoms with Gasteiger partial charge >= 0.3 is 0 Å². The molecule has 2 atom stereocenters. The lowest BCUT2D eigenvalue weighted by atomic mass is 9.52. The first-order valence-corrected chi connectivity index (χ1v) is 6.05. The molecule has 0 radical (unpaired) electrons. The van der Waals surface area contributed by atoms with Crippen molar-refractivity contribution in [3.63, 3.8) is 0 Å². The number of nitrogens with two attached hydrogens (primary N) is 1. The van der Waals surface area contributed by atoms with Crippen molar-refractivity contribution in [3.8, 4) is 0 Å². The zero-order valence-electron chi connectivity index (χ0n) is 9.74. The molecule has 15 heavy (non-hydrogen) atoms. The van der Waals surface area contributed by atoms with Crippen LogP contribution in [0.1, 0.15) is 44.6 Å². The van der Waals surface area contributed by atoms with Gasteiger partial charge in [0, 0.05) is 6.04 Å². The molecule has 1 aliphatic rings. The molecule has 1 heteroatoms. The Morgan fingerprint density at radius 3 is 2.27 bits per heavy atom. The van der Waals surface area contributed by atoms with E-state index in [-0.39, 0.29) is 0 Å². The summed E-state index contributed by atoms with van der Waals surface area (Å²) in [5.41, 5.74) is 8.04. The molecule has 0 saturated heterocycles. The molecule has 82 valence electrons. The average Bonchev–Trinajstić information content (AvgIpc) is 2.29. The Kier molecular flexibility index (Phi) is 2.83. The van der Waals surface area contributed by atoms with E-state index in [0.717, 1.165) is 6.42 Å². The second kappa shape index (κ2) is 3.97. The minimum Gasteiger partial charge on any atom is -0.327 e. The third-order valence-corrected chi connectivity index (χ3v) is 4.44. The molecule has 1 saturated carbocycles. The molecule has 0 aliphatic heterocycles. The van der Waals surface area contributed by atoms with Crippen LogP contribution >= 0.6 is 0 Å². The second-order valence-electron chi connectivity index (χ2n) is 4.75. The molecule has 0 heterocycles. The second-order valence-corrected chi connectivity index (χ2v) is 4.75. The summed E-state index contributed by atoms with van der Waals surface area (Å²) in [5.74, 6) is 0.684. The van der Waals surface area contributed by atoms with Crippen LogP contribution in [0.4, 0.5) is 0 Å². The van der Waals surface area contributed by atoms with Gasteiger partial charge < -0.3 is 5.73 Å². The van der Waals surface area contributed by atoms with Crippen molar-refractivity contribution in [3.05, 3.63) is 35.9 Å². The van der Waals surface area contributed by atoms with Crippen molar-refractivity contribution in [2.45, 2.75) is 45.1 Å². The normalized spacial score (nSPS) is 28.5. The van der Waals surface area contributed by atoms with Gasteiger partial charge in [0.25, 0.3) is 0 Å². The van der Waals surface area contributed by atoms with E-state index in [1.165, 1.54) is 18.4 Å². The number of hydrogen-bond acceptors (Lipinski definition) is 1. The number of benzene rings is 1. The summed E-state index contributed by atoms with van der Waals surface area (Å²) in [6.45, 7) is 4.55. The molecular weight excluding hydrogens is 182 g/mol. The lowest BCUT2D eigenvalue weighted by Gasteiger charge is -2.55. The van der Waals surface area contributed by atoms with Gasteiger partial charge in [-0.1, -0.05) is 44.2 Å². The molecule has 2 N–H and O–H groups in total. The molecular formula is C14H21N. The fourth-order valence-corrected chi connectivity index (χ4v) is 3.24. The van der Waals surface area contributed by atoms with Crippen LogP contribution in [0, 0.1) is 5.41 Å². The molecule has 2 rings (SSSR count). The van der Waals surface area contributed by atoms with Crippen molar-refractivity contribution in [1.82, 2.24) is 0 Å². The quantitative estimate of drug-likeness (QED) is 0.801. The van der Waals surface area contributed by atoms with Gasteiger partial charge in [-0.25, -0.2) is 0 Å². The van der Waals surface area contributed by atoms with Crippen molar-refractivity contribution < 1.29 is 0 Å². The summed E-state index contributed by atoms with van der Waals surface area (Å²) in [6.07, 6.45) is 3.56. The first kappa shape index (κ1) is 10.7. The van der Waals surface area contributed by atoms with Crippen molar-refractivity contribution >= 4 is 0 Å². The molecule has 1 aromatic rings. The van der Waals surface area contributed by atoms with Gasteiger partial charge in [0.05, 0.1) is 0 Å². The standard InChI is InChI=1S/C14H21N/c1-3-14(4-2)12(10-13(14)15)11-8-6-5-7-9-11/h5-9,12-13H,3-4,10,15H2,1-2H3. The van der Waals surface area contributed by atoms with Gasteiger partial charge in [0.15, 0.2) is 0 Å². The van der Waals surface area contributed by atoms with E-state index in [4.69, 9.17) is 5.73 Å². The summed E-state index contributed by atoms with van der Waals surface area (Å²) < 4.78 is 0. The van der Waals surface area contributed by atoms with Crippen molar-refractivity contribution in [2.24, 2.45) is 11.1 Å². The SMILES string of the molecule is CCC1(CC)C(N)CC1c1ccccc1. The van der Waals surface area contributed by atoms with E-state index in [2.05, 4.69) is 44.2 Å². The van der Waals surface area contributed by atoms with Crippen LogP contribution in [0.5, 0.6) is 0 Å². The van der Waals surface area contributed by atoms with Crippen molar-refractivity contribution in [1.29, 1.82) is 0 Å². The molecule has 0 bridgehead atoms. The number of hydrogen-bond donors (Lipinski definition) is 1. The Morgan fingerprint density at radius 1 is 1.20 bits per heavy atom. The van der Waals surface area contributed by atoms with E-state index in [9.17, 15) is 0 Å². The maximum absolute atomic E-state index is 6.21. The van der Waals surface area contributed by atoms with Crippen LogP contribution in [-0.4, -0.2) is 6.04 Å². The summed E-state index contributed by atoms with van der Waals surface area (Å²) in [5, 5.41) is 0. The maximum atomic E-state index is 6.21. The van der Waals surface area contributed by atoms with Gasteiger partial charge in [0.1, 0.15) is 0 Å². The molecule has 2 unspecified atom stereocenters. The summed E-state index contributed by atoms with van der Waals surface area (Å²) in [4.78, 5) is 0. The lowest BCUT2D eigenvalue weighted by Crippen LogP contribution is -2.55. The van der Waals surface area contributed by atoms with Gasteiger partial charge in [-0.15, -0.1) is 0 Å². The monoisotopic (exact) mass is 203 g/mol.